The first-order chi connectivity index (χ1) is 11.6. The Bertz CT molecular complexity index is 997. The summed E-state index contributed by atoms with van der Waals surface area (Å²) in [7, 11) is -3.55. The van der Waals surface area contributed by atoms with Crippen LogP contribution < -0.4 is 9.46 Å². The maximum absolute atomic E-state index is 12.4. The Morgan fingerprint density at radius 2 is 2.12 bits per heavy atom. The van der Waals surface area contributed by atoms with Crippen LogP contribution in [-0.2, 0) is 22.9 Å². The summed E-state index contributed by atoms with van der Waals surface area (Å²) in [5, 5.41) is 8.15. The minimum absolute atomic E-state index is 0.256. The van der Waals surface area contributed by atoms with Crippen molar-refractivity contribution in [2.24, 2.45) is 0 Å². The average molecular weight is 344 g/mol. The normalized spacial score (nSPS) is 13.8. The summed E-state index contributed by atoms with van der Waals surface area (Å²) in [4.78, 5) is 0.262. The average Bonchev–Trinajstić information content (AvgIpc) is 3.21. The van der Waals surface area contributed by atoms with Crippen molar-refractivity contribution < 1.29 is 13.2 Å². The van der Waals surface area contributed by atoms with Gasteiger partial charge in [-0.3, -0.25) is 4.40 Å². The number of ether oxygens (including phenoxy) is 1. The van der Waals surface area contributed by atoms with E-state index in [0.29, 0.717) is 13.0 Å². The van der Waals surface area contributed by atoms with Gasteiger partial charge < -0.3 is 4.74 Å². The molecule has 7 nitrogen and oxygen atoms in total. The molecule has 3 aromatic rings. The summed E-state index contributed by atoms with van der Waals surface area (Å²) in [5.41, 5.74) is 1.68. The van der Waals surface area contributed by atoms with Crippen LogP contribution in [0.1, 0.15) is 11.4 Å². The Kier molecular flexibility index (Phi) is 3.70. The van der Waals surface area contributed by atoms with E-state index >= 15 is 0 Å². The first-order valence-corrected chi connectivity index (χ1v) is 9.16. The first-order valence-electron chi connectivity index (χ1n) is 7.67. The fourth-order valence-electron chi connectivity index (χ4n) is 2.77. The van der Waals surface area contributed by atoms with E-state index in [1.165, 1.54) is 0 Å². The number of nitrogens with zero attached hydrogens (tertiary/aromatic N) is 3. The van der Waals surface area contributed by atoms with Crippen LogP contribution in [0.15, 0.2) is 47.5 Å². The molecule has 0 unspecified atom stereocenters. The van der Waals surface area contributed by atoms with Crippen molar-refractivity contribution in [1.82, 2.24) is 19.3 Å². The molecule has 0 saturated carbocycles. The molecular weight excluding hydrogens is 328 g/mol. The summed E-state index contributed by atoms with van der Waals surface area (Å²) >= 11 is 0. The van der Waals surface area contributed by atoms with Gasteiger partial charge >= 0.3 is 0 Å². The summed E-state index contributed by atoms with van der Waals surface area (Å²) in [6.45, 7) is 0.859. The summed E-state index contributed by atoms with van der Waals surface area (Å²) < 4.78 is 34.7. The van der Waals surface area contributed by atoms with Gasteiger partial charge in [0.25, 0.3) is 0 Å². The number of rotatable bonds is 5. The molecule has 24 heavy (non-hydrogen) atoms. The smallest absolute Gasteiger partial charge is 0.240 e. The summed E-state index contributed by atoms with van der Waals surface area (Å²) in [6, 6.07) is 10.6. The van der Waals surface area contributed by atoms with Crippen LogP contribution in [0, 0.1) is 0 Å². The molecule has 0 atom stereocenters. The van der Waals surface area contributed by atoms with Gasteiger partial charge in [-0.2, -0.15) is 0 Å². The minimum atomic E-state index is -3.55. The zero-order chi connectivity index (χ0) is 16.6. The maximum Gasteiger partial charge on any atom is 0.240 e. The number of nitrogens with one attached hydrogen (secondary N) is 1. The number of hydrogen-bond acceptors (Lipinski definition) is 5. The second kappa shape index (κ2) is 5.88. The van der Waals surface area contributed by atoms with Crippen molar-refractivity contribution >= 4 is 15.7 Å². The molecule has 0 radical (unpaired) electrons. The van der Waals surface area contributed by atoms with Gasteiger partial charge in [0.2, 0.25) is 10.0 Å². The van der Waals surface area contributed by atoms with Gasteiger partial charge in [0, 0.05) is 25.6 Å². The van der Waals surface area contributed by atoms with Crippen LogP contribution >= 0.6 is 0 Å². The Balaban J connectivity index is 1.47. The number of pyridine rings is 1. The molecule has 0 bridgehead atoms. The maximum atomic E-state index is 12.4. The molecule has 1 aromatic carbocycles. The third-order valence-electron chi connectivity index (χ3n) is 4.00. The Morgan fingerprint density at radius 1 is 1.21 bits per heavy atom. The van der Waals surface area contributed by atoms with Crippen molar-refractivity contribution in [3.8, 4) is 5.75 Å². The van der Waals surface area contributed by atoms with Crippen LogP contribution in [0.4, 0.5) is 0 Å². The highest BCUT2D eigenvalue weighted by Gasteiger charge is 2.19. The fraction of sp³-hybridized carbons (Fsp3) is 0.250. The second-order valence-corrected chi connectivity index (χ2v) is 7.33. The number of hydrogen-bond donors (Lipinski definition) is 1. The van der Waals surface area contributed by atoms with Crippen LogP contribution in [0.25, 0.3) is 5.65 Å². The van der Waals surface area contributed by atoms with E-state index in [0.717, 1.165) is 29.2 Å². The van der Waals surface area contributed by atoms with E-state index < -0.39 is 10.0 Å². The molecule has 1 N–H and O–H groups in total. The molecule has 3 heterocycles. The van der Waals surface area contributed by atoms with Gasteiger partial charge in [0.1, 0.15) is 11.6 Å². The molecule has 0 aliphatic carbocycles. The number of benzene rings is 1. The lowest BCUT2D eigenvalue weighted by Gasteiger charge is -2.07. The van der Waals surface area contributed by atoms with Crippen molar-refractivity contribution in [1.29, 1.82) is 0 Å². The molecule has 0 spiro atoms. The quantitative estimate of drug-likeness (QED) is 0.751. The third kappa shape index (κ3) is 2.74. The van der Waals surface area contributed by atoms with E-state index in [9.17, 15) is 8.42 Å². The third-order valence-corrected chi connectivity index (χ3v) is 5.45. The molecule has 4 rings (SSSR count). The molecule has 0 amide bonds. The Labute approximate surface area is 139 Å². The van der Waals surface area contributed by atoms with E-state index in [1.54, 1.807) is 18.2 Å². The highest BCUT2D eigenvalue weighted by molar-refractivity contribution is 7.89. The van der Waals surface area contributed by atoms with Crippen LogP contribution in [0.3, 0.4) is 0 Å². The standard InChI is InChI=1S/C16H16N4O3S/c21-24(22,13-4-5-14-12(11-13)7-10-23-14)17-8-6-16-19-18-15-3-1-2-9-20(15)16/h1-5,9,11,17H,6-8,10H2. The lowest BCUT2D eigenvalue weighted by molar-refractivity contribution is 0.356. The number of fused-ring (bicyclic) bond motifs is 2. The second-order valence-electron chi connectivity index (χ2n) is 5.56. The predicted octanol–water partition coefficient (Wildman–Crippen LogP) is 1.19. The first kappa shape index (κ1) is 15.1. The lowest BCUT2D eigenvalue weighted by Crippen LogP contribution is -2.26. The van der Waals surface area contributed by atoms with Crippen molar-refractivity contribution in [2.45, 2.75) is 17.7 Å². The van der Waals surface area contributed by atoms with Crippen molar-refractivity contribution in [2.75, 3.05) is 13.2 Å². The highest BCUT2D eigenvalue weighted by atomic mass is 32.2. The summed E-state index contributed by atoms with van der Waals surface area (Å²) in [5.74, 6) is 1.49. The van der Waals surface area contributed by atoms with Crippen LogP contribution in [0.2, 0.25) is 0 Å². The van der Waals surface area contributed by atoms with E-state index in [1.807, 2.05) is 28.8 Å². The van der Waals surface area contributed by atoms with Gasteiger partial charge in [-0.25, -0.2) is 13.1 Å². The van der Waals surface area contributed by atoms with Gasteiger partial charge in [-0.15, -0.1) is 10.2 Å². The van der Waals surface area contributed by atoms with E-state index in [2.05, 4.69) is 14.9 Å². The predicted molar refractivity (Wildman–Crippen MR) is 87.5 cm³/mol. The minimum Gasteiger partial charge on any atom is -0.493 e. The monoisotopic (exact) mass is 344 g/mol. The SMILES string of the molecule is O=S(=O)(NCCc1nnc2ccccn12)c1ccc2c(c1)CCO2. The number of sulfonamides is 1. The van der Waals surface area contributed by atoms with Gasteiger partial charge in [-0.1, -0.05) is 6.07 Å². The van der Waals surface area contributed by atoms with Gasteiger partial charge in [0.05, 0.1) is 11.5 Å². The zero-order valence-corrected chi connectivity index (χ0v) is 13.7. The number of aromatic nitrogens is 3. The highest BCUT2D eigenvalue weighted by Crippen LogP contribution is 2.27. The van der Waals surface area contributed by atoms with E-state index in [4.69, 9.17) is 4.74 Å². The summed E-state index contributed by atoms with van der Waals surface area (Å²) in [6.07, 6.45) is 3.06. The fourth-order valence-corrected chi connectivity index (χ4v) is 3.85. The molecular formula is C16H16N4O3S. The molecule has 1 aliphatic heterocycles. The molecule has 124 valence electrons. The van der Waals surface area contributed by atoms with Crippen molar-refractivity contribution in [3.05, 3.63) is 54.0 Å². The van der Waals surface area contributed by atoms with Crippen LogP contribution in [0.5, 0.6) is 5.75 Å². The van der Waals surface area contributed by atoms with Crippen molar-refractivity contribution in [3.63, 3.8) is 0 Å². The van der Waals surface area contributed by atoms with Crippen LogP contribution in [-0.4, -0.2) is 36.2 Å². The lowest BCUT2D eigenvalue weighted by atomic mass is 10.2. The van der Waals surface area contributed by atoms with Gasteiger partial charge in [0.15, 0.2) is 5.65 Å². The van der Waals surface area contributed by atoms with Gasteiger partial charge in [-0.05, 0) is 35.9 Å². The van der Waals surface area contributed by atoms with E-state index in [-0.39, 0.29) is 11.4 Å². The zero-order valence-electron chi connectivity index (χ0n) is 12.8. The molecule has 1 aliphatic rings. The molecule has 8 heteroatoms. The molecule has 2 aromatic heterocycles. The Morgan fingerprint density at radius 3 is 3.04 bits per heavy atom. The largest absolute Gasteiger partial charge is 0.493 e. The molecule has 0 fully saturated rings. The topological polar surface area (TPSA) is 85.6 Å². The Hall–Kier alpha value is -2.45. The molecule has 0 saturated heterocycles.